The van der Waals surface area contributed by atoms with Crippen LogP contribution in [0.4, 0.5) is 4.39 Å². The fraction of sp³-hybridized carbons (Fsp3) is 0. The van der Waals surface area contributed by atoms with Gasteiger partial charge in [0.1, 0.15) is 5.82 Å². The summed E-state index contributed by atoms with van der Waals surface area (Å²) >= 11 is 2.17. The van der Waals surface area contributed by atoms with Gasteiger partial charge in [0, 0.05) is 9.13 Å². The van der Waals surface area contributed by atoms with Gasteiger partial charge in [0.05, 0.1) is 11.8 Å². The summed E-state index contributed by atoms with van der Waals surface area (Å²) in [5, 5.41) is 3.82. The lowest BCUT2D eigenvalue weighted by Crippen LogP contribution is -2.19. The molecule has 0 aliphatic heterocycles. The van der Waals surface area contributed by atoms with Crippen LogP contribution >= 0.6 is 22.6 Å². The average Bonchev–Trinajstić information content (AvgIpc) is 2.41. The van der Waals surface area contributed by atoms with Crippen molar-refractivity contribution < 1.29 is 9.18 Å². The first kappa shape index (κ1) is 13.7. The maximum absolute atomic E-state index is 13.3. The summed E-state index contributed by atoms with van der Waals surface area (Å²) in [6.45, 7) is 0. The van der Waals surface area contributed by atoms with Crippen molar-refractivity contribution in [3.63, 3.8) is 0 Å². The van der Waals surface area contributed by atoms with E-state index >= 15 is 0 Å². The van der Waals surface area contributed by atoms with Crippen molar-refractivity contribution in [1.82, 2.24) is 5.43 Å². The molecule has 5 heteroatoms. The lowest BCUT2D eigenvalue weighted by Gasteiger charge is -2.01. The van der Waals surface area contributed by atoms with Gasteiger partial charge in [0.15, 0.2) is 0 Å². The maximum atomic E-state index is 13.3. The van der Waals surface area contributed by atoms with Gasteiger partial charge >= 0.3 is 0 Å². The quantitative estimate of drug-likeness (QED) is 0.505. The van der Waals surface area contributed by atoms with Crippen LogP contribution in [0.2, 0.25) is 0 Å². The van der Waals surface area contributed by atoms with E-state index in [1.54, 1.807) is 6.07 Å². The fourth-order valence-corrected chi connectivity index (χ4v) is 1.97. The summed E-state index contributed by atoms with van der Waals surface area (Å²) in [7, 11) is 0. The van der Waals surface area contributed by atoms with E-state index in [-0.39, 0.29) is 5.56 Å². The van der Waals surface area contributed by atoms with E-state index < -0.39 is 11.7 Å². The molecule has 1 N–H and O–H groups in total. The molecule has 0 spiro atoms. The third kappa shape index (κ3) is 3.60. The Balaban J connectivity index is 2.06. The Labute approximate surface area is 123 Å². The van der Waals surface area contributed by atoms with Gasteiger partial charge in [0.2, 0.25) is 0 Å². The van der Waals surface area contributed by atoms with Crippen molar-refractivity contribution in [3.8, 4) is 0 Å². The molecule has 0 saturated carbocycles. The predicted octanol–water partition coefficient (Wildman–Crippen LogP) is 3.19. The molecule has 0 aliphatic carbocycles. The standard InChI is InChI=1S/C14H10FIN2O/c15-12-7-3-2-6-11(12)14(19)18-17-9-10-5-1-4-8-13(10)16/h1-9H,(H,18,19)/b17-9+. The molecule has 0 atom stereocenters. The molecule has 0 unspecified atom stereocenters. The molecule has 2 rings (SSSR count). The zero-order valence-corrected chi connectivity index (χ0v) is 12.0. The summed E-state index contributed by atoms with van der Waals surface area (Å²) in [4.78, 5) is 11.7. The smallest absolute Gasteiger partial charge is 0.267 e. The predicted molar refractivity (Wildman–Crippen MR) is 80.6 cm³/mol. The minimum Gasteiger partial charge on any atom is -0.267 e. The topological polar surface area (TPSA) is 41.5 Å². The zero-order chi connectivity index (χ0) is 13.7. The Morgan fingerprint density at radius 3 is 2.58 bits per heavy atom. The van der Waals surface area contributed by atoms with Crippen LogP contribution in [0.5, 0.6) is 0 Å². The summed E-state index contributed by atoms with van der Waals surface area (Å²) in [5.74, 6) is -1.13. The normalized spacial score (nSPS) is 10.6. The van der Waals surface area contributed by atoms with E-state index in [4.69, 9.17) is 0 Å². The highest BCUT2D eigenvalue weighted by molar-refractivity contribution is 14.1. The van der Waals surface area contributed by atoms with Gasteiger partial charge in [-0.15, -0.1) is 0 Å². The Kier molecular flexibility index (Phi) is 4.62. The highest BCUT2D eigenvalue weighted by atomic mass is 127. The third-order valence-corrected chi connectivity index (χ3v) is 3.38. The number of nitrogens with zero attached hydrogens (tertiary/aromatic N) is 1. The van der Waals surface area contributed by atoms with Crippen molar-refractivity contribution in [3.05, 3.63) is 69.0 Å². The molecule has 2 aromatic rings. The number of hydrogen-bond acceptors (Lipinski definition) is 2. The van der Waals surface area contributed by atoms with E-state index in [2.05, 4.69) is 33.1 Å². The van der Waals surface area contributed by atoms with Crippen molar-refractivity contribution >= 4 is 34.7 Å². The SMILES string of the molecule is O=C(N/N=C/c1ccccc1I)c1ccccc1F. The molecule has 0 heterocycles. The minimum atomic E-state index is -0.569. The largest absolute Gasteiger partial charge is 0.274 e. The van der Waals surface area contributed by atoms with Crippen molar-refractivity contribution in [2.75, 3.05) is 0 Å². The molecule has 0 bridgehead atoms. The molecule has 19 heavy (non-hydrogen) atoms. The maximum Gasteiger partial charge on any atom is 0.274 e. The van der Waals surface area contributed by atoms with Gasteiger partial charge in [-0.3, -0.25) is 4.79 Å². The van der Waals surface area contributed by atoms with Crippen LogP contribution in [0.25, 0.3) is 0 Å². The van der Waals surface area contributed by atoms with Crippen LogP contribution in [-0.2, 0) is 0 Å². The first-order chi connectivity index (χ1) is 9.18. The second kappa shape index (κ2) is 6.42. The van der Waals surface area contributed by atoms with Crippen LogP contribution in [-0.4, -0.2) is 12.1 Å². The lowest BCUT2D eigenvalue weighted by molar-refractivity contribution is 0.0951. The van der Waals surface area contributed by atoms with Crippen LogP contribution in [0.15, 0.2) is 53.6 Å². The van der Waals surface area contributed by atoms with Gasteiger partial charge in [-0.1, -0.05) is 30.3 Å². The lowest BCUT2D eigenvalue weighted by atomic mass is 10.2. The van der Waals surface area contributed by atoms with E-state index in [0.29, 0.717) is 0 Å². The number of hydrazone groups is 1. The molecular weight excluding hydrogens is 358 g/mol. The molecule has 0 fully saturated rings. The third-order valence-electron chi connectivity index (χ3n) is 2.39. The van der Waals surface area contributed by atoms with Crippen molar-refractivity contribution in [2.24, 2.45) is 5.10 Å². The first-order valence-corrected chi connectivity index (χ1v) is 6.59. The molecule has 96 valence electrons. The van der Waals surface area contributed by atoms with E-state index in [1.165, 1.54) is 24.4 Å². The Hall–Kier alpha value is -1.76. The number of carbonyl (C=O) groups is 1. The first-order valence-electron chi connectivity index (χ1n) is 5.51. The van der Waals surface area contributed by atoms with Crippen LogP contribution in [0.3, 0.4) is 0 Å². The van der Waals surface area contributed by atoms with Crippen molar-refractivity contribution in [2.45, 2.75) is 0 Å². The highest BCUT2D eigenvalue weighted by Crippen LogP contribution is 2.09. The summed E-state index contributed by atoms with van der Waals surface area (Å²) < 4.78 is 14.4. The molecule has 1 amide bonds. The molecule has 0 aromatic heterocycles. The molecule has 0 radical (unpaired) electrons. The molecular formula is C14H10FIN2O. The number of nitrogens with one attached hydrogen (secondary N) is 1. The van der Waals surface area contributed by atoms with Gasteiger partial charge in [-0.05, 0) is 40.8 Å². The average molecular weight is 368 g/mol. The molecule has 0 aliphatic rings. The number of benzene rings is 2. The second-order valence-corrected chi connectivity index (χ2v) is 4.86. The van der Waals surface area contributed by atoms with E-state index in [9.17, 15) is 9.18 Å². The summed E-state index contributed by atoms with van der Waals surface area (Å²) in [6.07, 6.45) is 1.53. The van der Waals surface area contributed by atoms with Crippen LogP contribution < -0.4 is 5.43 Å². The monoisotopic (exact) mass is 368 g/mol. The zero-order valence-electron chi connectivity index (χ0n) is 9.81. The number of carbonyl (C=O) groups excluding carboxylic acids is 1. The number of halogens is 2. The van der Waals surface area contributed by atoms with Gasteiger partial charge in [0.25, 0.3) is 5.91 Å². The number of rotatable bonds is 3. The fourth-order valence-electron chi connectivity index (χ4n) is 1.45. The van der Waals surface area contributed by atoms with E-state index in [0.717, 1.165) is 9.13 Å². The molecule has 0 saturated heterocycles. The number of amides is 1. The van der Waals surface area contributed by atoms with Gasteiger partial charge < -0.3 is 0 Å². The summed E-state index contributed by atoms with van der Waals surface area (Å²) in [5.41, 5.74) is 3.16. The number of hydrogen-bond donors (Lipinski definition) is 1. The van der Waals surface area contributed by atoms with Crippen LogP contribution in [0.1, 0.15) is 15.9 Å². The van der Waals surface area contributed by atoms with Crippen molar-refractivity contribution in [1.29, 1.82) is 0 Å². The van der Waals surface area contributed by atoms with E-state index in [1.807, 2.05) is 24.3 Å². The Bertz CT molecular complexity index is 628. The highest BCUT2D eigenvalue weighted by Gasteiger charge is 2.09. The Morgan fingerprint density at radius 1 is 1.16 bits per heavy atom. The van der Waals surface area contributed by atoms with Crippen LogP contribution in [0, 0.1) is 9.39 Å². The Morgan fingerprint density at radius 2 is 1.84 bits per heavy atom. The second-order valence-electron chi connectivity index (χ2n) is 3.70. The van der Waals surface area contributed by atoms with Gasteiger partial charge in [-0.25, -0.2) is 9.82 Å². The summed E-state index contributed by atoms with van der Waals surface area (Å²) in [6, 6.07) is 13.4. The van der Waals surface area contributed by atoms with Gasteiger partial charge in [-0.2, -0.15) is 5.10 Å². The molecule has 2 aromatic carbocycles. The molecule has 3 nitrogen and oxygen atoms in total. The minimum absolute atomic E-state index is 0.0255.